The van der Waals surface area contributed by atoms with Crippen LogP contribution in [0, 0.1) is 5.41 Å². The highest BCUT2D eigenvalue weighted by Gasteiger charge is 2.35. The van der Waals surface area contributed by atoms with Crippen molar-refractivity contribution in [1.29, 1.82) is 0 Å². The molecule has 2 atom stereocenters. The van der Waals surface area contributed by atoms with E-state index in [-0.39, 0.29) is 0 Å². The summed E-state index contributed by atoms with van der Waals surface area (Å²) < 4.78 is 0. The van der Waals surface area contributed by atoms with Gasteiger partial charge in [0.1, 0.15) is 0 Å². The second kappa shape index (κ2) is 3.82. The molecule has 2 rings (SSSR count). The van der Waals surface area contributed by atoms with Crippen LogP contribution in [0.4, 0.5) is 0 Å². The number of fused-ring (bicyclic) bond motifs is 1. The third-order valence-corrected chi connectivity index (χ3v) is 3.50. The molecule has 0 aliphatic carbocycles. The summed E-state index contributed by atoms with van der Waals surface area (Å²) in [6.07, 6.45) is 4.15. The molecule has 2 aliphatic heterocycles. The highest BCUT2D eigenvalue weighted by molar-refractivity contribution is 4.92. The van der Waals surface area contributed by atoms with Crippen LogP contribution in [0.5, 0.6) is 0 Å². The maximum Gasteiger partial charge on any atom is 0.0229 e. The van der Waals surface area contributed by atoms with Crippen molar-refractivity contribution in [1.82, 2.24) is 10.2 Å². The van der Waals surface area contributed by atoms with Gasteiger partial charge in [-0.25, -0.2) is 0 Å². The predicted molar refractivity (Wildman–Crippen MR) is 60.5 cm³/mol. The molecule has 0 saturated carbocycles. The molecule has 0 radical (unpaired) electrons. The second-order valence-corrected chi connectivity index (χ2v) is 6.11. The van der Waals surface area contributed by atoms with E-state index in [1.54, 1.807) is 0 Å². The number of piperazine rings is 1. The Kier molecular flexibility index (Phi) is 2.85. The number of rotatable bonds is 1. The van der Waals surface area contributed by atoms with E-state index in [1.165, 1.54) is 38.9 Å². The quantitative estimate of drug-likeness (QED) is 0.688. The molecule has 2 nitrogen and oxygen atoms in total. The summed E-state index contributed by atoms with van der Waals surface area (Å²) in [7, 11) is 0. The fourth-order valence-corrected chi connectivity index (χ4v) is 2.99. The highest BCUT2D eigenvalue weighted by Crippen LogP contribution is 2.29. The lowest BCUT2D eigenvalue weighted by atomic mass is 9.86. The van der Waals surface area contributed by atoms with Gasteiger partial charge in [0.25, 0.3) is 0 Å². The Labute approximate surface area is 88.1 Å². The minimum atomic E-state index is 0.469. The van der Waals surface area contributed by atoms with Gasteiger partial charge in [-0.1, -0.05) is 20.8 Å². The summed E-state index contributed by atoms with van der Waals surface area (Å²) in [5.74, 6) is 0. The van der Waals surface area contributed by atoms with Crippen molar-refractivity contribution in [2.75, 3.05) is 19.6 Å². The number of hydrogen-bond acceptors (Lipinski definition) is 2. The molecule has 14 heavy (non-hydrogen) atoms. The van der Waals surface area contributed by atoms with Gasteiger partial charge in [-0.3, -0.25) is 4.90 Å². The molecule has 2 fully saturated rings. The SMILES string of the molecule is CC(C)(C)CC1CNC[C@@H]2CCCN12. The van der Waals surface area contributed by atoms with Crippen LogP contribution in [-0.2, 0) is 0 Å². The maximum atomic E-state index is 3.59. The molecule has 2 heteroatoms. The van der Waals surface area contributed by atoms with Gasteiger partial charge >= 0.3 is 0 Å². The number of hydrogen-bond donors (Lipinski definition) is 1. The van der Waals surface area contributed by atoms with E-state index in [0.717, 1.165) is 12.1 Å². The number of nitrogens with one attached hydrogen (secondary N) is 1. The maximum absolute atomic E-state index is 3.59. The molecule has 2 saturated heterocycles. The van der Waals surface area contributed by atoms with Crippen LogP contribution in [0.1, 0.15) is 40.0 Å². The second-order valence-electron chi connectivity index (χ2n) is 6.11. The summed E-state index contributed by atoms with van der Waals surface area (Å²) >= 11 is 0. The Morgan fingerprint density at radius 3 is 2.79 bits per heavy atom. The normalized spacial score (nSPS) is 34.5. The molecule has 2 heterocycles. The van der Waals surface area contributed by atoms with Gasteiger partial charge in [0.05, 0.1) is 0 Å². The third kappa shape index (κ3) is 2.29. The summed E-state index contributed by atoms with van der Waals surface area (Å²) in [4.78, 5) is 2.75. The Morgan fingerprint density at radius 1 is 1.29 bits per heavy atom. The first-order valence-corrected chi connectivity index (χ1v) is 6.03. The van der Waals surface area contributed by atoms with E-state index < -0.39 is 0 Å². The van der Waals surface area contributed by atoms with E-state index >= 15 is 0 Å². The predicted octanol–water partition coefficient (Wildman–Crippen LogP) is 1.86. The lowest BCUT2D eigenvalue weighted by Gasteiger charge is -2.41. The lowest BCUT2D eigenvalue weighted by molar-refractivity contribution is 0.103. The first-order valence-electron chi connectivity index (χ1n) is 6.03. The Hall–Kier alpha value is -0.0800. The molecule has 2 aliphatic rings. The molecule has 0 bridgehead atoms. The molecule has 1 N–H and O–H groups in total. The molecule has 82 valence electrons. The molecule has 0 amide bonds. The van der Waals surface area contributed by atoms with Gasteiger partial charge in [0.15, 0.2) is 0 Å². The van der Waals surface area contributed by atoms with Crippen LogP contribution in [0.2, 0.25) is 0 Å². The zero-order chi connectivity index (χ0) is 10.2. The zero-order valence-electron chi connectivity index (χ0n) is 9.84. The van der Waals surface area contributed by atoms with Crippen LogP contribution >= 0.6 is 0 Å². The van der Waals surface area contributed by atoms with Crippen molar-refractivity contribution >= 4 is 0 Å². The summed E-state index contributed by atoms with van der Waals surface area (Å²) in [6, 6.07) is 1.63. The van der Waals surface area contributed by atoms with Crippen LogP contribution in [0.3, 0.4) is 0 Å². The minimum absolute atomic E-state index is 0.469. The Balaban J connectivity index is 1.97. The fourth-order valence-electron chi connectivity index (χ4n) is 2.99. The summed E-state index contributed by atoms with van der Waals surface area (Å²) in [6.45, 7) is 10.8. The highest BCUT2D eigenvalue weighted by atomic mass is 15.3. The monoisotopic (exact) mass is 196 g/mol. The average molecular weight is 196 g/mol. The van der Waals surface area contributed by atoms with Crippen LogP contribution in [0.15, 0.2) is 0 Å². The van der Waals surface area contributed by atoms with E-state index in [0.29, 0.717) is 5.41 Å². The van der Waals surface area contributed by atoms with Crippen LogP contribution in [0.25, 0.3) is 0 Å². The van der Waals surface area contributed by atoms with Crippen molar-refractivity contribution < 1.29 is 0 Å². The van der Waals surface area contributed by atoms with Gasteiger partial charge in [-0.2, -0.15) is 0 Å². The Morgan fingerprint density at radius 2 is 2.07 bits per heavy atom. The van der Waals surface area contributed by atoms with Crippen molar-refractivity contribution in [2.24, 2.45) is 5.41 Å². The molecular weight excluding hydrogens is 172 g/mol. The van der Waals surface area contributed by atoms with Crippen LogP contribution in [-0.4, -0.2) is 36.6 Å². The zero-order valence-corrected chi connectivity index (χ0v) is 9.84. The largest absolute Gasteiger partial charge is 0.314 e. The van der Waals surface area contributed by atoms with E-state index in [4.69, 9.17) is 0 Å². The van der Waals surface area contributed by atoms with E-state index in [1.807, 2.05) is 0 Å². The van der Waals surface area contributed by atoms with Gasteiger partial charge in [-0.15, -0.1) is 0 Å². The topological polar surface area (TPSA) is 15.3 Å². The molecular formula is C12H24N2. The molecule has 1 unspecified atom stereocenters. The standard InChI is InChI=1S/C12H24N2/c1-12(2,3)7-11-9-13-8-10-5-4-6-14(10)11/h10-11,13H,4-9H2,1-3H3/t10-,11?/m0/s1. The average Bonchev–Trinajstić information content (AvgIpc) is 2.49. The van der Waals surface area contributed by atoms with Crippen molar-refractivity contribution in [3.8, 4) is 0 Å². The first-order chi connectivity index (χ1) is 6.56. The summed E-state index contributed by atoms with van der Waals surface area (Å²) in [5.41, 5.74) is 0.469. The van der Waals surface area contributed by atoms with Gasteiger partial charge in [0.2, 0.25) is 0 Å². The van der Waals surface area contributed by atoms with Crippen molar-refractivity contribution in [3.63, 3.8) is 0 Å². The summed E-state index contributed by atoms with van der Waals surface area (Å²) in [5, 5.41) is 3.59. The van der Waals surface area contributed by atoms with Gasteiger partial charge < -0.3 is 5.32 Å². The first kappa shape index (κ1) is 10.4. The number of nitrogens with zero attached hydrogens (tertiary/aromatic N) is 1. The third-order valence-electron chi connectivity index (χ3n) is 3.50. The molecule has 0 spiro atoms. The molecule has 0 aromatic rings. The fraction of sp³-hybridized carbons (Fsp3) is 1.00. The minimum Gasteiger partial charge on any atom is -0.314 e. The molecule has 0 aromatic carbocycles. The lowest BCUT2D eigenvalue weighted by Crippen LogP contribution is -2.55. The van der Waals surface area contributed by atoms with Crippen molar-refractivity contribution in [2.45, 2.75) is 52.1 Å². The van der Waals surface area contributed by atoms with E-state index in [9.17, 15) is 0 Å². The van der Waals surface area contributed by atoms with Gasteiger partial charge in [0, 0.05) is 25.2 Å². The van der Waals surface area contributed by atoms with Gasteiger partial charge in [-0.05, 0) is 31.2 Å². The smallest absolute Gasteiger partial charge is 0.0229 e. The molecule has 0 aromatic heterocycles. The van der Waals surface area contributed by atoms with Crippen LogP contribution < -0.4 is 5.32 Å². The van der Waals surface area contributed by atoms with Crippen molar-refractivity contribution in [3.05, 3.63) is 0 Å². The Bertz CT molecular complexity index is 195. The van der Waals surface area contributed by atoms with E-state index in [2.05, 4.69) is 31.0 Å².